The molecule has 1 aromatic heterocycles. The molecule has 4 nitrogen and oxygen atoms in total. The van der Waals surface area contributed by atoms with Crippen LogP contribution in [0.15, 0.2) is 57.9 Å². The molecule has 0 spiro atoms. The third-order valence-corrected chi connectivity index (χ3v) is 3.63. The first-order valence-corrected chi connectivity index (χ1v) is 6.93. The molecule has 0 radical (unpaired) electrons. The van der Waals surface area contributed by atoms with Gasteiger partial charge in [0, 0.05) is 18.1 Å². The van der Waals surface area contributed by atoms with Crippen LogP contribution in [0.5, 0.6) is 11.5 Å². The second-order valence-electron chi connectivity index (χ2n) is 4.94. The number of fused-ring (bicyclic) bond motifs is 1. The summed E-state index contributed by atoms with van der Waals surface area (Å²) in [4.78, 5) is 12.5. The van der Waals surface area contributed by atoms with Crippen LogP contribution in [0.3, 0.4) is 0 Å². The van der Waals surface area contributed by atoms with Gasteiger partial charge in [-0.3, -0.25) is 4.79 Å². The van der Waals surface area contributed by atoms with Crippen molar-refractivity contribution in [2.75, 3.05) is 14.2 Å². The van der Waals surface area contributed by atoms with Crippen molar-refractivity contribution in [3.05, 3.63) is 70.1 Å². The molecule has 22 heavy (non-hydrogen) atoms. The summed E-state index contributed by atoms with van der Waals surface area (Å²) < 4.78 is 16.1. The van der Waals surface area contributed by atoms with E-state index in [0.717, 1.165) is 5.56 Å². The molecule has 0 unspecified atom stereocenters. The van der Waals surface area contributed by atoms with Gasteiger partial charge in [0.2, 0.25) is 0 Å². The zero-order valence-corrected chi connectivity index (χ0v) is 12.5. The third kappa shape index (κ3) is 2.55. The lowest BCUT2D eigenvalue weighted by Gasteiger charge is -2.10. The molecule has 2 aromatic carbocycles. The summed E-state index contributed by atoms with van der Waals surface area (Å²) in [6.45, 7) is 0. The third-order valence-electron chi connectivity index (χ3n) is 3.63. The van der Waals surface area contributed by atoms with Crippen LogP contribution in [0.2, 0.25) is 0 Å². The molecule has 0 saturated carbocycles. The Hall–Kier alpha value is -2.75. The van der Waals surface area contributed by atoms with Gasteiger partial charge in [-0.05, 0) is 23.8 Å². The normalized spacial score (nSPS) is 10.6. The standard InChI is InChI=1S/C18H16O4/c1-20-14-8-7-12(17(10-14)21-2)9-13-11-22-16-6-4-3-5-15(16)18(13)19/h3-8,10-11H,9H2,1-2H3. The van der Waals surface area contributed by atoms with E-state index in [1.165, 1.54) is 6.26 Å². The van der Waals surface area contributed by atoms with Crippen LogP contribution in [0, 0.1) is 0 Å². The molecular formula is C18H16O4. The fraction of sp³-hybridized carbons (Fsp3) is 0.167. The Morgan fingerprint density at radius 1 is 1.00 bits per heavy atom. The number of benzene rings is 2. The highest BCUT2D eigenvalue weighted by Crippen LogP contribution is 2.26. The maximum absolute atomic E-state index is 12.5. The molecule has 4 heteroatoms. The molecule has 0 bridgehead atoms. The molecule has 0 atom stereocenters. The summed E-state index contributed by atoms with van der Waals surface area (Å²) in [7, 11) is 3.20. The fourth-order valence-electron chi connectivity index (χ4n) is 2.44. The number of hydrogen-bond acceptors (Lipinski definition) is 4. The number of para-hydroxylation sites is 1. The van der Waals surface area contributed by atoms with Gasteiger partial charge in [0.25, 0.3) is 0 Å². The molecule has 1 heterocycles. The van der Waals surface area contributed by atoms with Crippen LogP contribution in [0.4, 0.5) is 0 Å². The lowest BCUT2D eigenvalue weighted by Crippen LogP contribution is -2.09. The highest BCUT2D eigenvalue weighted by atomic mass is 16.5. The monoisotopic (exact) mass is 296 g/mol. The Balaban J connectivity index is 2.03. The second kappa shape index (κ2) is 5.93. The van der Waals surface area contributed by atoms with Gasteiger partial charge >= 0.3 is 0 Å². The SMILES string of the molecule is COc1ccc(Cc2coc3ccccc3c2=O)c(OC)c1. The Kier molecular flexibility index (Phi) is 3.83. The Bertz CT molecular complexity index is 864. The summed E-state index contributed by atoms with van der Waals surface area (Å²) in [5.41, 5.74) is 2.09. The highest BCUT2D eigenvalue weighted by Gasteiger charge is 2.11. The van der Waals surface area contributed by atoms with Crippen LogP contribution in [0.25, 0.3) is 11.0 Å². The molecule has 0 aliphatic rings. The van der Waals surface area contributed by atoms with Crippen LogP contribution in [-0.4, -0.2) is 14.2 Å². The quantitative estimate of drug-likeness (QED) is 0.740. The summed E-state index contributed by atoms with van der Waals surface area (Å²) in [6, 6.07) is 12.8. The first-order valence-electron chi connectivity index (χ1n) is 6.93. The first-order chi connectivity index (χ1) is 10.7. The molecule has 0 N–H and O–H groups in total. The molecule has 0 fully saturated rings. The van der Waals surface area contributed by atoms with Crippen molar-refractivity contribution in [3.63, 3.8) is 0 Å². The lowest BCUT2D eigenvalue weighted by atomic mass is 10.0. The van der Waals surface area contributed by atoms with Gasteiger partial charge in [-0.2, -0.15) is 0 Å². The number of rotatable bonds is 4. The molecule has 0 amide bonds. The zero-order valence-electron chi connectivity index (χ0n) is 12.5. The van der Waals surface area contributed by atoms with E-state index in [-0.39, 0.29) is 5.43 Å². The van der Waals surface area contributed by atoms with Gasteiger partial charge in [-0.15, -0.1) is 0 Å². The van der Waals surface area contributed by atoms with Crippen LogP contribution in [-0.2, 0) is 6.42 Å². The van der Waals surface area contributed by atoms with Crippen molar-refractivity contribution >= 4 is 11.0 Å². The summed E-state index contributed by atoms with van der Waals surface area (Å²) in [5, 5.41) is 0.590. The predicted octanol–water partition coefficient (Wildman–Crippen LogP) is 3.40. The van der Waals surface area contributed by atoms with E-state index in [1.807, 2.05) is 24.3 Å². The van der Waals surface area contributed by atoms with Gasteiger partial charge in [-0.25, -0.2) is 0 Å². The topological polar surface area (TPSA) is 48.7 Å². The van der Waals surface area contributed by atoms with Crippen molar-refractivity contribution in [1.82, 2.24) is 0 Å². The summed E-state index contributed by atoms with van der Waals surface area (Å²) in [6.07, 6.45) is 1.97. The molecule has 112 valence electrons. The lowest BCUT2D eigenvalue weighted by molar-refractivity contribution is 0.391. The Morgan fingerprint density at radius 3 is 2.59 bits per heavy atom. The van der Waals surface area contributed by atoms with Crippen molar-refractivity contribution < 1.29 is 13.9 Å². The van der Waals surface area contributed by atoms with Gasteiger partial charge < -0.3 is 13.9 Å². The smallest absolute Gasteiger partial charge is 0.196 e. The Labute approximate surface area is 127 Å². The van der Waals surface area contributed by atoms with E-state index in [2.05, 4.69) is 0 Å². The van der Waals surface area contributed by atoms with Crippen LogP contribution < -0.4 is 14.9 Å². The number of ether oxygens (including phenoxy) is 2. The predicted molar refractivity (Wildman–Crippen MR) is 84.8 cm³/mol. The van der Waals surface area contributed by atoms with Crippen LogP contribution in [0.1, 0.15) is 11.1 Å². The van der Waals surface area contributed by atoms with E-state index >= 15 is 0 Å². The van der Waals surface area contributed by atoms with Gasteiger partial charge in [0.05, 0.1) is 25.9 Å². The van der Waals surface area contributed by atoms with Gasteiger partial charge in [-0.1, -0.05) is 18.2 Å². The van der Waals surface area contributed by atoms with E-state index in [9.17, 15) is 4.79 Å². The highest BCUT2D eigenvalue weighted by molar-refractivity contribution is 5.76. The van der Waals surface area contributed by atoms with Gasteiger partial charge in [0.15, 0.2) is 5.43 Å². The molecule has 3 aromatic rings. The van der Waals surface area contributed by atoms with Gasteiger partial charge in [0.1, 0.15) is 17.1 Å². The van der Waals surface area contributed by atoms with Crippen molar-refractivity contribution in [1.29, 1.82) is 0 Å². The maximum Gasteiger partial charge on any atom is 0.196 e. The minimum absolute atomic E-state index is 0.0141. The average Bonchev–Trinajstić information content (AvgIpc) is 2.58. The van der Waals surface area contributed by atoms with Crippen molar-refractivity contribution in [2.24, 2.45) is 0 Å². The van der Waals surface area contributed by atoms with Crippen molar-refractivity contribution in [3.8, 4) is 11.5 Å². The maximum atomic E-state index is 12.5. The summed E-state index contributed by atoms with van der Waals surface area (Å²) >= 11 is 0. The summed E-state index contributed by atoms with van der Waals surface area (Å²) in [5.74, 6) is 1.40. The minimum Gasteiger partial charge on any atom is -0.497 e. The fourth-order valence-corrected chi connectivity index (χ4v) is 2.44. The first kappa shape index (κ1) is 14.2. The van der Waals surface area contributed by atoms with E-state index in [1.54, 1.807) is 32.4 Å². The van der Waals surface area contributed by atoms with Crippen molar-refractivity contribution in [2.45, 2.75) is 6.42 Å². The minimum atomic E-state index is -0.0141. The molecule has 0 saturated heterocycles. The molecular weight excluding hydrogens is 280 g/mol. The van der Waals surface area contributed by atoms with E-state index in [0.29, 0.717) is 34.5 Å². The Morgan fingerprint density at radius 2 is 1.82 bits per heavy atom. The molecule has 0 aliphatic heterocycles. The molecule has 0 aliphatic carbocycles. The van der Waals surface area contributed by atoms with E-state index < -0.39 is 0 Å². The zero-order chi connectivity index (χ0) is 15.5. The number of methoxy groups -OCH3 is 2. The molecule has 3 rings (SSSR count). The van der Waals surface area contributed by atoms with E-state index in [4.69, 9.17) is 13.9 Å². The average molecular weight is 296 g/mol. The largest absolute Gasteiger partial charge is 0.497 e. The van der Waals surface area contributed by atoms with Crippen LogP contribution >= 0.6 is 0 Å². The number of hydrogen-bond donors (Lipinski definition) is 0. The second-order valence-corrected chi connectivity index (χ2v) is 4.94.